The van der Waals surface area contributed by atoms with Gasteiger partial charge in [-0.1, -0.05) is 36.4 Å². The zero-order valence-corrected chi connectivity index (χ0v) is 15.2. The molecule has 0 fully saturated rings. The highest BCUT2D eigenvalue weighted by molar-refractivity contribution is 7.86. The molecule has 0 amide bonds. The molecule has 2 N–H and O–H groups in total. The normalized spacial score (nSPS) is 16.0. The van der Waals surface area contributed by atoms with Crippen molar-refractivity contribution < 1.29 is 22.1 Å². The second kappa shape index (κ2) is 7.92. The molecule has 0 bridgehead atoms. The van der Waals surface area contributed by atoms with E-state index in [1.165, 1.54) is 6.08 Å². The van der Waals surface area contributed by atoms with Crippen LogP contribution < -0.4 is 5.73 Å². The lowest BCUT2D eigenvalue weighted by Crippen LogP contribution is -2.42. The number of nitrogens with two attached hydrogens (primary N) is 1. The summed E-state index contributed by atoms with van der Waals surface area (Å²) < 4.78 is 33.4. The first-order valence-electron chi connectivity index (χ1n) is 7.49. The number of carbonyl (C=O) groups is 1. The van der Waals surface area contributed by atoms with Gasteiger partial charge in [-0.15, -0.1) is 6.58 Å². The average Bonchev–Trinajstić information content (AvgIpc) is 2.44. The third-order valence-electron chi connectivity index (χ3n) is 3.12. The summed E-state index contributed by atoms with van der Waals surface area (Å²) in [4.78, 5) is 12.6. The fraction of sp³-hybridized carbons (Fsp3) is 0.471. The van der Waals surface area contributed by atoms with E-state index < -0.39 is 39.8 Å². The Morgan fingerprint density at radius 3 is 2.21 bits per heavy atom. The SMILES string of the molecule is C=CC(OS(C)(=O)=O)C(C(=O)OC(C)(C)C)C(N)c1ccccc1. The van der Waals surface area contributed by atoms with Crippen LogP contribution in [0.1, 0.15) is 32.4 Å². The Hall–Kier alpha value is -1.70. The summed E-state index contributed by atoms with van der Waals surface area (Å²) in [5.41, 5.74) is 6.15. The minimum Gasteiger partial charge on any atom is -0.460 e. The van der Waals surface area contributed by atoms with Gasteiger partial charge < -0.3 is 10.5 Å². The van der Waals surface area contributed by atoms with Gasteiger partial charge in [0.05, 0.1) is 6.26 Å². The van der Waals surface area contributed by atoms with Crippen LogP contribution in [0.4, 0.5) is 0 Å². The van der Waals surface area contributed by atoms with Gasteiger partial charge in [0, 0.05) is 6.04 Å². The predicted octanol–water partition coefficient (Wildman–Crippen LogP) is 2.18. The zero-order chi connectivity index (χ0) is 18.5. The summed E-state index contributed by atoms with van der Waals surface area (Å²) in [6.45, 7) is 8.72. The van der Waals surface area contributed by atoms with Gasteiger partial charge in [-0.25, -0.2) is 0 Å². The van der Waals surface area contributed by atoms with Crippen molar-refractivity contribution in [1.29, 1.82) is 0 Å². The Morgan fingerprint density at radius 2 is 1.79 bits per heavy atom. The minimum atomic E-state index is -3.81. The van der Waals surface area contributed by atoms with Crippen molar-refractivity contribution in [3.05, 3.63) is 48.6 Å². The van der Waals surface area contributed by atoms with E-state index in [0.29, 0.717) is 5.56 Å². The quantitative estimate of drug-likeness (QED) is 0.457. The fourth-order valence-electron chi connectivity index (χ4n) is 2.19. The molecule has 0 aliphatic carbocycles. The lowest BCUT2D eigenvalue weighted by molar-refractivity contribution is -0.163. The molecule has 6 nitrogen and oxygen atoms in total. The monoisotopic (exact) mass is 355 g/mol. The van der Waals surface area contributed by atoms with Crippen molar-refractivity contribution in [2.45, 2.75) is 38.5 Å². The van der Waals surface area contributed by atoms with Crippen LogP contribution in [0.15, 0.2) is 43.0 Å². The fourth-order valence-corrected chi connectivity index (χ4v) is 2.79. The Kier molecular flexibility index (Phi) is 6.71. The van der Waals surface area contributed by atoms with Gasteiger partial charge in [0.2, 0.25) is 0 Å². The standard InChI is InChI=1S/C17H25NO5S/c1-6-13(23-24(5,20)21)14(16(19)22-17(2,3)4)15(18)12-10-8-7-9-11-12/h6-11,13-15H,1,18H2,2-5H3. The summed E-state index contributed by atoms with van der Waals surface area (Å²) in [7, 11) is -3.81. The average molecular weight is 355 g/mol. The van der Waals surface area contributed by atoms with Gasteiger partial charge in [-0.3, -0.25) is 8.98 Å². The van der Waals surface area contributed by atoms with E-state index in [1.807, 2.05) is 6.07 Å². The van der Waals surface area contributed by atoms with Gasteiger partial charge in [0.25, 0.3) is 10.1 Å². The lowest BCUT2D eigenvalue weighted by Gasteiger charge is -2.30. The molecule has 1 rings (SSSR count). The molecular formula is C17H25NO5S. The second-order valence-corrected chi connectivity index (χ2v) is 8.10. The summed E-state index contributed by atoms with van der Waals surface area (Å²) in [6.07, 6.45) is 1.02. The largest absolute Gasteiger partial charge is 0.460 e. The Bertz CT molecular complexity index is 664. The van der Waals surface area contributed by atoms with Gasteiger partial charge in [-0.2, -0.15) is 8.42 Å². The van der Waals surface area contributed by atoms with Gasteiger partial charge in [0.1, 0.15) is 17.6 Å². The van der Waals surface area contributed by atoms with Crippen LogP contribution >= 0.6 is 0 Å². The number of benzene rings is 1. The van der Waals surface area contributed by atoms with Gasteiger partial charge >= 0.3 is 5.97 Å². The predicted molar refractivity (Wildman–Crippen MR) is 92.6 cm³/mol. The number of carbonyl (C=O) groups excluding carboxylic acids is 1. The smallest absolute Gasteiger partial charge is 0.314 e. The van der Waals surface area contributed by atoms with E-state index in [9.17, 15) is 13.2 Å². The molecule has 0 heterocycles. The minimum absolute atomic E-state index is 0.646. The van der Waals surface area contributed by atoms with Crippen molar-refractivity contribution in [2.24, 2.45) is 11.7 Å². The Labute approximate surface area is 143 Å². The Balaban J connectivity index is 3.24. The molecule has 0 aliphatic heterocycles. The maximum atomic E-state index is 12.6. The number of hydrogen-bond acceptors (Lipinski definition) is 6. The highest BCUT2D eigenvalue weighted by Gasteiger charge is 2.38. The van der Waals surface area contributed by atoms with Crippen LogP contribution in [0.25, 0.3) is 0 Å². The molecule has 3 atom stereocenters. The molecule has 0 aliphatic rings. The van der Waals surface area contributed by atoms with E-state index in [2.05, 4.69) is 6.58 Å². The molecule has 0 radical (unpaired) electrons. The lowest BCUT2D eigenvalue weighted by atomic mass is 9.89. The molecule has 3 unspecified atom stereocenters. The van der Waals surface area contributed by atoms with Crippen molar-refractivity contribution in [2.75, 3.05) is 6.26 Å². The molecule has 0 saturated carbocycles. The molecular weight excluding hydrogens is 330 g/mol. The highest BCUT2D eigenvalue weighted by atomic mass is 32.2. The first kappa shape index (κ1) is 20.3. The molecule has 1 aromatic carbocycles. The van der Waals surface area contributed by atoms with Crippen LogP contribution in [0.5, 0.6) is 0 Å². The number of hydrogen-bond donors (Lipinski definition) is 1. The first-order valence-corrected chi connectivity index (χ1v) is 9.30. The molecule has 24 heavy (non-hydrogen) atoms. The van der Waals surface area contributed by atoms with Gasteiger partial charge in [-0.05, 0) is 26.3 Å². The van der Waals surface area contributed by atoms with Crippen molar-refractivity contribution in [1.82, 2.24) is 0 Å². The molecule has 0 saturated heterocycles. The second-order valence-electron chi connectivity index (χ2n) is 6.50. The van der Waals surface area contributed by atoms with E-state index >= 15 is 0 Å². The van der Waals surface area contributed by atoms with E-state index in [-0.39, 0.29) is 0 Å². The maximum Gasteiger partial charge on any atom is 0.314 e. The van der Waals surface area contributed by atoms with E-state index in [0.717, 1.165) is 6.26 Å². The van der Waals surface area contributed by atoms with E-state index in [1.54, 1.807) is 45.0 Å². The number of esters is 1. The number of rotatable bonds is 7. The summed E-state index contributed by atoms with van der Waals surface area (Å²) in [5, 5.41) is 0. The van der Waals surface area contributed by atoms with Crippen LogP contribution in [-0.2, 0) is 23.8 Å². The van der Waals surface area contributed by atoms with Gasteiger partial charge in [0.15, 0.2) is 0 Å². The number of ether oxygens (including phenoxy) is 1. The summed E-state index contributed by atoms with van der Waals surface area (Å²) in [5.74, 6) is -1.70. The molecule has 0 spiro atoms. The van der Waals surface area contributed by atoms with Crippen LogP contribution in [0.3, 0.4) is 0 Å². The van der Waals surface area contributed by atoms with Crippen LogP contribution in [0, 0.1) is 5.92 Å². The zero-order valence-electron chi connectivity index (χ0n) is 14.4. The first-order chi connectivity index (χ1) is 10.9. The maximum absolute atomic E-state index is 12.6. The highest BCUT2D eigenvalue weighted by Crippen LogP contribution is 2.28. The van der Waals surface area contributed by atoms with E-state index in [4.69, 9.17) is 14.7 Å². The summed E-state index contributed by atoms with van der Waals surface area (Å²) >= 11 is 0. The van der Waals surface area contributed by atoms with Crippen LogP contribution in [-0.4, -0.2) is 32.3 Å². The third-order valence-corrected chi connectivity index (χ3v) is 3.69. The summed E-state index contributed by atoms with van der Waals surface area (Å²) in [6, 6.07) is 8.07. The molecule has 7 heteroatoms. The van der Waals surface area contributed by atoms with Crippen molar-refractivity contribution in [3.8, 4) is 0 Å². The van der Waals surface area contributed by atoms with Crippen molar-refractivity contribution >= 4 is 16.1 Å². The molecule has 134 valence electrons. The van der Waals surface area contributed by atoms with Crippen LogP contribution in [0.2, 0.25) is 0 Å². The Morgan fingerprint density at radius 1 is 1.25 bits per heavy atom. The van der Waals surface area contributed by atoms with Crippen molar-refractivity contribution in [3.63, 3.8) is 0 Å². The topological polar surface area (TPSA) is 95.7 Å². The molecule has 0 aromatic heterocycles. The molecule has 1 aromatic rings. The third kappa shape index (κ3) is 6.43.